The fourth-order valence-electron chi connectivity index (χ4n) is 1.43. The van der Waals surface area contributed by atoms with E-state index < -0.39 is 0 Å². The van der Waals surface area contributed by atoms with Crippen molar-refractivity contribution in [3.63, 3.8) is 0 Å². The third-order valence-electron chi connectivity index (χ3n) is 2.20. The van der Waals surface area contributed by atoms with Crippen molar-refractivity contribution in [3.8, 4) is 0 Å². The summed E-state index contributed by atoms with van der Waals surface area (Å²) in [4.78, 5) is 0. The summed E-state index contributed by atoms with van der Waals surface area (Å²) in [6.07, 6.45) is 2.11. The fourth-order valence-corrected chi connectivity index (χ4v) is 1.43. The van der Waals surface area contributed by atoms with Gasteiger partial charge in [0.1, 0.15) is 11.6 Å². The highest BCUT2D eigenvalue weighted by atomic mass is 19.1. The van der Waals surface area contributed by atoms with Crippen LogP contribution in [-0.4, -0.2) is 5.16 Å². The highest BCUT2D eigenvalue weighted by Crippen LogP contribution is 2.14. The minimum absolute atomic E-state index is 0.249. The number of aromatic nitrogens is 1. The van der Waals surface area contributed by atoms with Crippen LogP contribution in [0, 0.1) is 5.82 Å². The molecular formula is C11H11FN2O. The van der Waals surface area contributed by atoms with Crippen molar-refractivity contribution in [2.24, 2.45) is 5.73 Å². The number of nitrogens with zero attached hydrogens (tertiary/aromatic N) is 1. The van der Waals surface area contributed by atoms with E-state index in [1.807, 2.05) is 6.07 Å². The maximum Gasteiger partial charge on any atom is 0.145 e. The number of benzene rings is 1. The lowest BCUT2D eigenvalue weighted by Gasteiger charge is -1.99. The highest BCUT2D eigenvalue weighted by molar-refractivity contribution is 5.24. The van der Waals surface area contributed by atoms with Crippen molar-refractivity contribution in [2.75, 3.05) is 0 Å². The van der Waals surface area contributed by atoms with Crippen molar-refractivity contribution < 1.29 is 8.91 Å². The van der Waals surface area contributed by atoms with Crippen LogP contribution in [0.15, 0.2) is 35.0 Å². The zero-order chi connectivity index (χ0) is 10.7. The van der Waals surface area contributed by atoms with Gasteiger partial charge < -0.3 is 10.3 Å². The number of nitrogens with two attached hydrogens (primary N) is 1. The summed E-state index contributed by atoms with van der Waals surface area (Å²) in [6, 6.07) is 6.39. The number of hydrogen-bond donors (Lipinski definition) is 1. The third-order valence-corrected chi connectivity index (χ3v) is 2.20. The van der Waals surface area contributed by atoms with E-state index in [0.717, 1.165) is 11.1 Å². The summed E-state index contributed by atoms with van der Waals surface area (Å²) in [6.45, 7) is 0.383. The summed E-state index contributed by atoms with van der Waals surface area (Å²) in [5, 5.41) is 3.66. The predicted octanol–water partition coefficient (Wildman–Crippen LogP) is 1.86. The Kier molecular flexibility index (Phi) is 2.78. The molecule has 0 atom stereocenters. The molecule has 0 amide bonds. The molecule has 0 aliphatic rings. The maximum absolute atomic E-state index is 12.9. The van der Waals surface area contributed by atoms with Gasteiger partial charge in [0.2, 0.25) is 0 Å². The molecule has 0 spiro atoms. The van der Waals surface area contributed by atoms with E-state index in [9.17, 15) is 4.39 Å². The summed E-state index contributed by atoms with van der Waals surface area (Å²) in [7, 11) is 0. The van der Waals surface area contributed by atoms with Gasteiger partial charge in [-0.3, -0.25) is 0 Å². The van der Waals surface area contributed by atoms with Crippen LogP contribution in [0.5, 0.6) is 0 Å². The van der Waals surface area contributed by atoms with Crippen LogP contribution in [-0.2, 0) is 13.0 Å². The van der Waals surface area contributed by atoms with Crippen molar-refractivity contribution in [3.05, 3.63) is 53.2 Å². The second-order valence-corrected chi connectivity index (χ2v) is 3.29. The summed E-state index contributed by atoms with van der Waals surface area (Å²) >= 11 is 0. The predicted molar refractivity (Wildman–Crippen MR) is 53.6 cm³/mol. The molecule has 0 unspecified atom stereocenters. The quantitative estimate of drug-likeness (QED) is 0.833. The molecule has 15 heavy (non-hydrogen) atoms. The average molecular weight is 206 g/mol. The van der Waals surface area contributed by atoms with Gasteiger partial charge in [-0.1, -0.05) is 17.3 Å². The Balaban J connectivity index is 2.22. The fraction of sp³-hybridized carbons (Fsp3) is 0.182. The van der Waals surface area contributed by atoms with E-state index in [0.29, 0.717) is 18.7 Å². The Morgan fingerprint density at radius 1 is 1.40 bits per heavy atom. The zero-order valence-electron chi connectivity index (χ0n) is 8.11. The molecule has 1 aromatic carbocycles. The first kappa shape index (κ1) is 9.86. The second-order valence-electron chi connectivity index (χ2n) is 3.29. The summed E-state index contributed by atoms with van der Waals surface area (Å²) < 4.78 is 18.0. The van der Waals surface area contributed by atoms with Crippen molar-refractivity contribution in [2.45, 2.75) is 13.0 Å². The molecule has 2 N–H and O–H groups in total. The normalized spacial score (nSPS) is 10.5. The minimum atomic E-state index is -0.249. The zero-order valence-corrected chi connectivity index (χ0v) is 8.11. The maximum atomic E-state index is 12.9. The SMILES string of the molecule is NCc1cnoc1Cc1cccc(F)c1. The molecule has 1 aromatic heterocycles. The molecule has 0 bridgehead atoms. The van der Waals surface area contributed by atoms with Gasteiger partial charge in [0, 0.05) is 18.5 Å². The van der Waals surface area contributed by atoms with E-state index in [4.69, 9.17) is 10.3 Å². The molecule has 2 rings (SSSR count). The van der Waals surface area contributed by atoms with Crippen LogP contribution in [0.3, 0.4) is 0 Å². The largest absolute Gasteiger partial charge is 0.361 e. The van der Waals surface area contributed by atoms with Gasteiger partial charge in [0.15, 0.2) is 0 Å². The topological polar surface area (TPSA) is 52.0 Å². The van der Waals surface area contributed by atoms with Gasteiger partial charge >= 0.3 is 0 Å². The highest BCUT2D eigenvalue weighted by Gasteiger charge is 2.07. The molecule has 1 heterocycles. The minimum Gasteiger partial charge on any atom is -0.361 e. The van der Waals surface area contributed by atoms with Crippen LogP contribution < -0.4 is 5.73 Å². The van der Waals surface area contributed by atoms with Crippen molar-refractivity contribution in [1.29, 1.82) is 0 Å². The van der Waals surface area contributed by atoms with E-state index in [2.05, 4.69) is 5.16 Å². The van der Waals surface area contributed by atoms with Crippen LogP contribution in [0.2, 0.25) is 0 Å². The van der Waals surface area contributed by atoms with Crippen molar-refractivity contribution >= 4 is 0 Å². The number of hydrogen-bond acceptors (Lipinski definition) is 3. The molecule has 0 radical (unpaired) electrons. The standard InChI is InChI=1S/C11H11FN2O/c12-10-3-1-2-8(4-10)5-11-9(6-13)7-14-15-11/h1-4,7H,5-6,13H2. The molecule has 0 aliphatic heterocycles. The molecular weight excluding hydrogens is 195 g/mol. The smallest absolute Gasteiger partial charge is 0.145 e. The third kappa shape index (κ3) is 2.22. The van der Waals surface area contributed by atoms with Gasteiger partial charge in [-0.05, 0) is 17.7 Å². The Morgan fingerprint density at radius 2 is 2.27 bits per heavy atom. The summed E-state index contributed by atoms with van der Waals surface area (Å²) in [5.74, 6) is 0.449. The van der Waals surface area contributed by atoms with E-state index >= 15 is 0 Å². The van der Waals surface area contributed by atoms with Gasteiger partial charge in [0.05, 0.1) is 6.20 Å². The first-order valence-corrected chi connectivity index (χ1v) is 4.66. The molecule has 0 aliphatic carbocycles. The van der Waals surface area contributed by atoms with Crippen molar-refractivity contribution in [1.82, 2.24) is 5.16 Å². The van der Waals surface area contributed by atoms with Crippen LogP contribution >= 0.6 is 0 Å². The Bertz CT molecular complexity index is 453. The Hall–Kier alpha value is -1.68. The van der Waals surface area contributed by atoms with E-state index in [-0.39, 0.29) is 5.82 Å². The molecule has 2 aromatic rings. The molecule has 0 fully saturated rings. The van der Waals surface area contributed by atoms with Crippen LogP contribution in [0.25, 0.3) is 0 Å². The summed E-state index contributed by atoms with van der Waals surface area (Å²) in [5.41, 5.74) is 7.21. The Labute approximate surface area is 86.7 Å². The second kappa shape index (κ2) is 4.23. The van der Waals surface area contributed by atoms with Crippen LogP contribution in [0.4, 0.5) is 4.39 Å². The molecule has 78 valence electrons. The van der Waals surface area contributed by atoms with E-state index in [1.54, 1.807) is 12.3 Å². The first-order chi connectivity index (χ1) is 7.29. The van der Waals surface area contributed by atoms with Gasteiger partial charge in [-0.15, -0.1) is 0 Å². The monoisotopic (exact) mass is 206 g/mol. The lowest BCUT2D eigenvalue weighted by molar-refractivity contribution is 0.388. The Morgan fingerprint density at radius 3 is 3.00 bits per heavy atom. The van der Waals surface area contributed by atoms with Gasteiger partial charge in [-0.2, -0.15) is 0 Å². The van der Waals surface area contributed by atoms with Gasteiger partial charge in [-0.25, -0.2) is 4.39 Å². The average Bonchev–Trinajstić information content (AvgIpc) is 2.65. The number of rotatable bonds is 3. The van der Waals surface area contributed by atoms with Crippen LogP contribution in [0.1, 0.15) is 16.9 Å². The lowest BCUT2D eigenvalue weighted by atomic mass is 10.1. The van der Waals surface area contributed by atoms with E-state index in [1.165, 1.54) is 12.1 Å². The molecule has 4 heteroatoms. The molecule has 0 saturated carbocycles. The molecule has 0 saturated heterocycles. The lowest BCUT2D eigenvalue weighted by Crippen LogP contribution is -1.99. The number of halogens is 1. The first-order valence-electron chi connectivity index (χ1n) is 4.66. The van der Waals surface area contributed by atoms with Gasteiger partial charge in [0.25, 0.3) is 0 Å². The molecule has 3 nitrogen and oxygen atoms in total.